The van der Waals surface area contributed by atoms with Crippen LogP contribution in [0.5, 0.6) is 0 Å². The molecular formula is C6H4Br2F2N2O. The van der Waals surface area contributed by atoms with Gasteiger partial charge in [0.05, 0.1) is 10.7 Å². The third-order valence-electron chi connectivity index (χ3n) is 1.25. The molecule has 0 atom stereocenters. The van der Waals surface area contributed by atoms with E-state index in [1.807, 2.05) is 0 Å². The van der Waals surface area contributed by atoms with Gasteiger partial charge in [0, 0.05) is 0 Å². The van der Waals surface area contributed by atoms with Crippen LogP contribution < -0.4 is 5.56 Å². The van der Waals surface area contributed by atoms with Crippen LogP contribution in [0.15, 0.2) is 19.9 Å². The van der Waals surface area contributed by atoms with E-state index >= 15 is 0 Å². The zero-order chi connectivity index (χ0) is 10.0. The zero-order valence-corrected chi connectivity index (χ0v) is 9.35. The van der Waals surface area contributed by atoms with Crippen molar-refractivity contribution >= 4 is 31.9 Å². The Hall–Kier alpha value is -0.300. The van der Waals surface area contributed by atoms with E-state index in [0.717, 1.165) is 0 Å². The molecule has 0 aliphatic rings. The van der Waals surface area contributed by atoms with Crippen molar-refractivity contribution in [1.29, 1.82) is 0 Å². The molecule has 0 saturated heterocycles. The molecule has 0 aromatic carbocycles. The van der Waals surface area contributed by atoms with Crippen LogP contribution in [0.3, 0.4) is 0 Å². The molecule has 0 aliphatic heterocycles. The molecule has 0 fully saturated rings. The molecule has 0 spiro atoms. The first-order chi connectivity index (χ1) is 6.02. The standard InChI is InChI=1S/C6H4Br2F2N2O/c7-3-1-11-12(2-4(9)10)6(13)5(3)8/h1,4H,2H2. The molecule has 1 aromatic heterocycles. The molecule has 0 radical (unpaired) electrons. The predicted molar refractivity (Wildman–Crippen MR) is 49.9 cm³/mol. The van der Waals surface area contributed by atoms with Crippen LogP contribution in [-0.4, -0.2) is 16.2 Å². The summed E-state index contributed by atoms with van der Waals surface area (Å²) in [6.07, 6.45) is -1.30. The molecule has 0 saturated carbocycles. The third-order valence-corrected chi connectivity index (χ3v) is 3.15. The van der Waals surface area contributed by atoms with Gasteiger partial charge < -0.3 is 0 Å². The van der Waals surface area contributed by atoms with Crippen LogP contribution in [-0.2, 0) is 6.54 Å². The Bertz CT molecular complexity index is 366. The fourth-order valence-electron chi connectivity index (χ4n) is 0.706. The highest BCUT2D eigenvalue weighted by molar-refractivity contribution is 9.13. The van der Waals surface area contributed by atoms with Crippen molar-refractivity contribution in [2.24, 2.45) is 0 Å². The first-order valence-electron chi connectivity index (χ1n) is 3.21. The molecule has 0 N–H and O–H groups in total. The molecule has 0 unspecified atom stereocenters. The molecule has 0 bridgehead atoms. The van der Waals surface area contributed by atoms with E-state index in [4.69, 9.17) is 0 Å². The maximum absolute atomic E-state index is 11.9. The average molecular weight is 318 g/mol. The number of nitrogens with zero attached hydrogens (tertiary/aromatic N) is 2. The summed E-state index contributed by atoms with van der Waals surface area (Å²) < 4.78 is 25.2. The van der Waals surface area contributed by atoms with Gasteiger partial charge >= 0.3 is 0 Å². The molecular weight excluding hydrogens is 314 g/mol. The highest BCUT2D eigenvalue weighted by Crippen LogP contribution is 2.16. The normalized spacial score (nSPS) is 10.8. The molecule has 3 nitrogen and oxygen atoms in total. The minimum absolute atomic E-state index is 0.197. The number of hydrogen-bond donors (Lipinski definition) is 0. The van der Waals surface area contributed by atoms with Gasteiger partial charge in [0.25, 0.3) is 12.0 Å². The van der Waals surface area contributed by atoms with E-state index in [0.29, 0.717) is 9.15 Å². The average Bonchev–Trinajstić information content (AvgIpc) is 2.06. The number of alkyl halides is 2. The Kier molecular flexibility index (Phi) is 3.55. The largest absolute Gasteiger partial charge is 0.282 e. The first-order valence-corrected chi connectivity index (χ1v) is 4.80. The van der Waals surface area contributed by atoms with Crippen LogP contribution in [0.4, 0.5) is 8.78 Å². The molecule has 1 rings (SSSR count). The van der Waals surface area contributed by atoms with Crippen molar-refractivity contribution in [2.75, 3.05) is 0 Å². The van der Waals surface area contributed by atoms with E-state index in [1.54, 1.807) is 0 Å². The molecule has 0 aliphatic carbocycles. The van der Waals surface area contributed by atoms with Crippen molar-refractivity contribution in [3.05, 3.63) is 25.5 Å². The molecule has 7 heteroatoms. The maximum atomic E-state index is 11.9. The van der Waals surface area contributed by atoms with Crippen molar-refractivity contribution in [3.63, 3.8) is 0 Å². The second-order valence-corrected chi connectivity index (χ2v) is 3.83. The lowest BCUT2D eigenvalue weighted by molar-refractivity contribution is 0.119. The second kappa shape index (κ2) is 4.28. The quantitative estimate of drug-likeness (QED) is 0.836. The predicted octanol–water partition coefficient (Wildman–Crippen LogP) is 2.03. The van der Waals surface area contributed by atoms with E-state index < -0.39 is 18.5 Å². The lowest BCUT2D eigenvalue weighted by Crippen LogP contribution is -2.26. The van der Waals surface area contributed by atoms with Gasteiger partial charge in [-0.15, -0.1) is 0 Å². The number of aromatic nitrogens is 2. The molecule has 0 amide bonds. The molecule has 13 heavy (non-hydrogen) atoms. The summed E-state index contributed by atoms with van der Waals surface area (Å²) in [5.74, 6) is 0. The summed E-state index contributed by atoms with van der Waals surface area (Å²) in [5, 5.41) is 3.53. The van der Waals surface area contributed by atoms with E-state index in [9.17, 15) is 13.6 Å². The number of hydrogen-bond acceptors (Lipinski definition) is 2. The Morgan fingerprint density at radius 1 is 1.54 bits per heavy atom. The third kappa shape index (κ3) is 2.57. The van der Waals surface area contributed by atoms with Gasteiger partial charge in [-0.2, -0.15) is 5.10 Å². The fraction of sp³-hybridized carbons (Fsp3) is 0.333. The van der Waals surface area contributed by atoms with Crippen LogP contribution in [0.2, 0.25) is 0 Å². The van der Waals surface area contributed by atoms with Gasteiger partial charge in [0.15, 0.2) is 0 Å². The highest BCUT2D eigenvalue weighted by atomic mass is 79.9. The van der Waals surface area contributed by atoms with Crippen molar-refractivity contribution in [1.82, 2.24) is 9.78 Å². The summed E-state index contributed by atoms with van der Waals surface area (Å²) in [4.78, 5) is 11.2. The lowest BCUT2D eigenvalue weighted by atomic mass is 10.5. The van der Waals surface area contributed by atoms with Gasteiger partial charge in [0.2, 0.25) is 0 Å². The van der Waals surface area contributed by atoms with E-state index in [1.165, 1.54) is 6.20 Å². The number of rotatable bonds is 2. The summed E-state index contributed by atoms with van der Waals surface area (Å²) >= 11 is 5.99. The molecule has 72 valence electrons. The first kappa shape index (κ1) is 10.8. The molecule has 1 aromatic rings. The second-order valence-electron chi connectivity index (χ2n) is 2.18. The Labute approximate surface area is 89.0 Å². The fourth-order valence-corrected chi connectivity index (χ4v) is 1.27. The minimum atomic E-state index is -2.58. The van der Waals surface area contributed by atoms with Crippen LogP contribution in [0, 0.1) is 0 Å². The van der Waals surface area contributed by atoms with Crippen LogP contribution in [0.25, 0.3) is 0 Å². The summed E-state index contributed by atoms with van der Waals surface area (Å²) in [6.45, 7) is -0.690. The van der Waals surface area contributed by atoms with Crippen molar-refractivity contribution in [3.8, 4) is 0 Å². The van der Waals surface area contributed by atoms with Crippen LogP contribution in [0.1, 0.15) is 0 Å². The van der Waals surface area contributed by atoms with E-state index in [2.05, 4.69) is 37.0 Å². The smallest absolute Gasteiger partial charge is 0.266 e. The monoisotopic (exact) mass is 316 g/mol. The minimum Gasteiger partial charge on any atom is -0.266 e. The Balaban J connectivity index is 3.12. The summed E-state index contributed by atoms with van der Waals surface area (Å²) in [5.41, 5.74) is -0.574. The zero-order valence-electron chi connectivity index (χ0n) is 6.18. The highest BCUT2D eigenvalue weighted by Gasteiger charge is 2.10. The maximum Gasteiger partial charge on any atom is 0.282 e. The van der Waals surface area contributed by atoms with E-state index in [-0.39, 0.29) is 4.47 Å². The van der Waals surface area contributed by atoms with Crippen molar-refractivity contribution in [2.45, 2.75) is 13.0 Å². The van der Waals surface area contributed by atoms with Crippen molar-refractivity contribution < 1.29 is 8.78 Å². The van der Waals surface area contributed by atoms with Gasteiger partial charge in [-0.1, -0.05) is 0 Å². The summed E-state index contributed by atoms with van der Waals surface area (Å²) in [7, 11) is 0. The SMILES string of the molecule is O=c1c(Br)c(Br)cnn1CC(F)F. The number of halogens is 4. The Morgan fingerprint density at radius 2 is 2.15 bits per heavy atom. The summed E-state index contributed by atoms with van der Waals surface area (Å²) in [6, 6.07) is 0. The molecule has 1 heterocycles. The van der Waals surface area contributed by atoms with Gasteiger partial charge in [-0.05, 0) is 31.9 Å². The van der Waals surface area contributed by atoms with Gasteiger partial charge in [0.1, 0.15) is 11.0 Å². The van der Waals surface area contributed by atoms with Gasteiger partial charge in [-0.3, -0.25) is 4.79 Å². The Morgan fingerprint density at radius 3 is 2.69 bits per heavy atom. The topological polar surface area (TPSA) is 34.9 Å². The van der Waals surface area contributed by atoms with Gasteiger partial charge in [-0.25, -0.2) is 13.5 Å². The van der Waals surface area contributed by atoms with Crippen LogP contribution >= 0.6 is 31.9 Å². The lowest BCUT2D eigenvalue weighted by Gasteiger charge is -2.03.